The highest BCUT2D eigenvalue weighted by atomic mass is 15.6. The maximum absolute atomic E-state index is 5.26. The molecule has 10 aromatic carbocycles. The van der Waals surface area contributed by atoms with Gasteiger partial charge in [-0.3, -0.25) is 4.68 Å². The van der Waals surface area contributed by atoms with Crippen molar-refractivity contribution < 1.29 is 0 Å². The van der Waals surface area contributed by atoms with Crippen LogP contribution < -0.4 is 0 Å². The predicted octanol–water partition coefficient (Wildman–Crippen LogP) is 15.4. The lowest BCUT2D eigenvalue weighted by atomic mass is 9.77. The summed E-state index contributed by atoms with van der Waals surface area (Å²) in [6.07, 6.45) is 4.28. The van der Waals surface area contributed by atoms with Gasteiger partial charge in [0.25, 0.3) is 0 Å². The molecule has 12 nitrogen and oxygen atoms in total. The Morgan fingerprint density at radius 3 is 1.09 bits per heavy atom. The number of rotatable bonds is 20. The molecular weight excluding hydrogens is 1080 g/mol. The highest BCUT2D eigenvalue weighted by molar-refractivity contribution is 5.82. The molecule has 0 unspecified atom stereocenters. The zero-order valence-electron chi connectivity index (χ0n) is 49.2. The van der Waals surface area contributed by atoms with Crippen LogP contribution in [0.15, 0.2) is 279 Å². The van der Waals surface area contributed by atoms with Crippen molar-refractivity contribution in [1.82, 2.24) is 59.8 Å². The SMILES string of the molecule is CCCc1nc2c(Cc3ccc(-c4ccccc4-c4nnnn4C(c4ccccc4)(c4ccccc4)c4ccccc4)cc3)c(CCC)n(Cc3ccc(-c4ccccc4-c4nnnn4C(c4ccccc4)(c4ccccc4)c4ccccc4)cc3)n2n1. The first-order chi connectivity index (χ1) is 43.6. The lowest BCUT2D eigenvalue weighted by molar-refractivity contribution is 0.451. The molecule has 0 aliphatic heterocycles. The van der Waals surface area contributed by atoms with Gasteiger partial charge in [0.15, 0.2) is 23.1 Å². The average molecular weight is 1150 g/mol. The van der Waals surface area contributed by atoms with Gasteiger partial charge in [-0.15, -0.1) is 15.3 Å². The molecule has 88 heavy (non-hydrogen) atoms. The topological polar surface area (TPSA) is 122 Å². The summed E-state index contributed by atoms with van der Waals surface area (Å²) in [4.78, 5) is 5.26. The Kier molecular flexibility index (Phi) is 15.1. The fourth-order valence-electron chi connectivity index (χ4n) is 13.1. The second-order valence-corrected chi connectivity index (χ2v) is 22.3. The van der Waals surface area contributed by atoms with Crippen LogP contribution in [0.4, 0.5) is 0 Å². The molecule has 0 radical (unpaired) electrons. The number of hydrogen-bond donors (Lipinski definition) is 0. The Hall–Kier alpha value is -11.0. The molecule has 0 N–H and O–H groups in total. The van der Waals surface area contributed by atoms with Crippen LogP contribution in [0.1, 0.15) is 88.3 Å². The monoisotopic (exact) mass is 1140 g/mol. The summed E-state index contributed by atoms with van der Waals surface area (Å²) in [5.41, 5.74) is 16.2. The molecular formula is C76H64N12. The molecule has 0 aliphatic rings. The van der Waals surface area contributed by atoms with Gasteiger partial charge in [-0.2, -0.15) is 4.63 Å². The number of aryl methyl sites for hydroxylation is 1. The van der Waals surface area contributed by atoms with E-state index in [-0.39, 0.29) is 0 Å². The van der Waals surface area contributed by atoms with E-state index in [1.165, 1.54) is 16.8 Å². The fraction of sp³-hybridized carbons (Fsp3) is 0.132. The van der Waals surface area contributed by atoms with E-state index >= 15 is 0 Å². The number of nitrogens with zero attached hydrogens (tertiary/aromatic N) is 12. The van der Waals surface area contributed by atoms with Crippen molar-refractivity contribution in [3.05, 3.63) is 341 Å². The first-order valence-corrected chi connectivity index (χ1v) is 30.3. The maximum atomic E-state index is 5.26. The first-order valence-electron chi connectivity index (χ1n) is 30.3. The third-order valence-corrected chi connectivity index (χ3v) is 17.1. The van der Waals surface area contributed by atoms with Gasteiger partial charge in [0.2, 0.25) is 0 Å². The second-order valence-electron chi connectivity index (χ2n) is 22.3. The number of aromatic nitrogens is 12. The largest absolute Gasteiger partial charge is 0.263 e. The Bertz CT molecular complexity index is 4130. The van der Waals surface area contributed by atoms with Crippen LogP contribution in [0.25, 0.3) is 50.7 Å². The van der Waals surface area contributed by atoms with Crippen LogP contribution in [0.5, 0.6) is 0 Å². The minimum absolute atomic E-state index is 0.615. The van der Waals surface area contributed by atoms with E-state index in [1.54, 1.807) is 0 Å². The maximum Gasteiger partial charge on any atom is 0.184 e. The summed E-state index contributed by atoms with van der Waals surface area (Å²) >= 11 is 0. The fourth-order valence-corrected chi connectivity index (χ4v) is 13.1. The van der Waals surface area contributed by atoms with Crippen molar-refractivity contribution in [2.45, 2.75) is 63.6 Å². The Labute approximate surface area is 512 Å². The van der Waals surface area contributed by atoms with Gasteiger partial charge in [0.1, 0.15) is 11.1 Å². The molecule has 4 aromatic heterocycles. The number of fused-ring (bicyclic) bond motifs is 1. The molecule has 0 aliphatic carbocycles. The molecule has 0 atom stereocenters. The van der Waals surface area contributed by atoms with Crippen LogP contribution in [0.2, 0.25) is 0 Å². The van der Waals surface area contributed by atoms with E-state index in [1.807, 2.05) is 45.8 Å². The van der Waals surface area contributed by atoms with E-state index in [2.05, 4.69) is 276 Å². The van der Waals surface area contributed by atoms with Crippen LogP contribution in [-0.2, 0) is 36.9 Å². The molecule has 0 saturated carbocycles. The van der Waals surface area contributed by atoms with Crippen LogP contribution in [0, 0.1) is 0 Å². The molecule has 0 fully saturated rings. The summed E-state index contributed by atoms with van der Waals surface area (Å²) < 4.78 is 8.43. The van der Waals surface area contributed by atoms with E-state index in [4.69, 9.17) is 30.7 Å². The Balaban J connectivity index is 0.793. The second kappa shape index (κ2) is 24.2. The van der Waals surface area contributed by atoms with Crippen molar-refractivity contribution in [2.75, 3.05) is 0 Å². The standard InChI is InChI=1S/C76H64N12/c1-3-27-70-69(53-55-45-49-57(50-46-55)65-41-23-25-43-67(65)73-78-81-83-86(73)75(59-29-11-5-12-30-59,60-31-13-6-14-32-60)61-33-15-7-16-34-61)72-77-71(28-4-2)80-88(72)85(70)54-56-47-51-58(52-48-56)66-42-24-26-44-68(66)74-79-82-84-87(74)76(62-35-17-8-18-36-62,63-37-19-9-20-38-63)64-39-21-10-22-40-64/h5-26,29-52H,3-4,27-28,53-54H2,1-2H3. The van der Waals surface area contributed by atoms with E-state index in [0.717, 1.165) is 109 Å². The van der Waals surface area contributed by atoms with Crippen molar-refractivity contribution in [1.29, 1.82) is 0 Å². The molecule has 0 bridgehead atoms. The highest BCUT2D eigenvalue weighted by Crippen LogP contribution is 2.46. The molecule has 12 heteroatoms. The molecule has 0 saturated heterocycles. The molecule has 4 heterocycles. The first kappa shape index (κ1) is 54.9. The summed E-state index contributed by atoms with van der Waals surface area (Å²) in [5.74, 6) is 2.17. The molecule has 14 rings (SSSR count). The van der Waals surface area contributed by atoms with Gasteiger partial charge < -0.3 is 0 Å². The minimum Gasteiger partial charge on any atom is -0.263 e. The predicted molar refractivity (Wildman–Crippen MR) is 347 cm³/mol. The highest BCUT2D eigenvalue weighted by Gasteiger charge is 2.44. The van der Waals surface area contributed by atoms with Crippen molar-refractivity contribution >= 4 is 5.65 Å². The number of benzene rings is 10. The van der Waals surface area contributed by atoms with E-state index in [9.17, 15) is 0 Å². The normalized spacial score (nSPS) is 11.8. The average Bonchev–Trinajstić information content (AvgIpc) is 1.31. The van der Waals surface area contributed by atoms with Crippen LogP contribution >= 0.6 is 0 Å². The summed E-state index contributed by atoms with van der Waals surface area (Å²) in [6, 6.07) is 98.0. The third-order valence-electron chi connectivity index (χ3n) is 17.1. The van der Waals surface area contributed by atoms with Crippen LogP contribution in [-0.4, -0.2) is 59.8 Å². The van der Waals surface area contributed by atoms with Gasteiger partial charge in [-0.05, 0) is 100 Å². The minimum atomic E-state index is -0.891. The van der Waals surface area contributed by atoms with Gasteiger partial charge in [0.05, 0.1) is 6.54 Å². The molecule has 0 spiro atoms. The quantitative estimate of drug-likeness (QED) is 0.0692. The number of hydrogen-bond acceptors (Lipinski definition) is 8. The summed E-state index contributed by atoms with van der Waals surface area (Å²) in [7, 11) is 0. The third kappa shape index (κ3) is 9.78. The zero-order valence-corrected chi connectivity index (χ0v) is 49.2. The summed E-state index contributed by atoms with van der Waals surface area (Å²) in [5, 5.41) is 33.5. The Morgan fingerprint density at radius 2 is 0.716 bits per heavy atom. The molecule has 14 aromatic rings. The zero-order chi connectivity index (χ0) is 59.3. The van der Waals surface area contributed by atoms with Gasteiger partial charge >= 0.3 is 0 Å². The van der Waals surface area contributed by atoms with Crippen molar-refractivity contribution in [3.8, 4) is 45.0 Å². The molecule has 428 valence electrons. The van der Waals surface area contributed by atoms with Crippen molar-refractivity contribution in [3.63, 3.8) is 0 Å². The van der Waals surface area contributed by atoms with Crippen LogP contribution in [0.3, 0.4) is 0 Å². The van der Waals surface area contributed by atoms with Crippen molar-refractivity contribution in [2.24, 2.45) is 0 Å². The smallest absolute Gasteiger partial charge is 0.184 e. The lowest BCUT2D eigenvalue weighted by Gasteiger charge is -2.36. The van der Waals surface area contributed by atoms with Gasteiger partial charge in [0, 0.05) is 35.2 Å². The van der Waals surface area contributed by atoms with E-state index in [0.29, 0.717) is 24.6 Å². The van der Waals surface area contributed by atoms with Gasteiger partial charge in [-0.25, -0.2) is 14.3 Å². The van der Waals surface area contributed by atoms with Gasteiger partial charge in [-0.1, -0.05) is 299 Å². The lowest BCUT2D eigenvalue weighted by Crippen LogP contribution is -2.39. The number of tetrazole rings is 2. The summed E-state index contributed by atoms with van der Waals surface area (Å²) in [6.45, 7) is 5.05. The molecule has 0 amide bonds. The Morgan fingerprint density at radius 1 is 0.364 bits per heavy atom. The van der Waals surface area contributed by atoms with E-state index < -0.39 is 11.1 Å².